The second-order valence-electron chi connectivity index (χ2n) is 6.08. The van der Waals surface area contributed by atoms with E-state index in [-0.39, 0.29) is 11.7 Å². The summed E-state index contributed by atoms with van der Waals surface area (Å²) in [5, 5.41) is 15.3. The first-order valence-corrected chi connectivity index (χ1v) is 9.44. The molecule has 140 valence electrons. The van der Waals surface area contributed by atoms with Crippen molar-refractivity contribution in [2.24, 2.45) is 0 Å². The highest BCUT2D eigenvalue weighted by atomic mass is 32.2. The van der Waals surface area contributed by atoms with Crippen molar-refractivity contribution in [3.8, 4) is 11.4 Å². The summed E-state index contributed by atoms with van der Waals surface area (Å²) in [6.45, 7) is 4.50. The van der Waals surface area contributed by atoms with E-state index in [4.69, 9.17) is 4.74 Å². The van der Waals surface area contributed by atoms with E-state index in [2.05, 4.69) is 26.9 Å². The first kappa shape index (κ1) is 18.9. The van der Waals surface area contributed by atoms with Gasteiger partial charge < -0.3 is 10.1 Å². The van der Waals surface area contributed by atoms with Crippen LogP contribution < -0.4 is 10.1 Å². The zero-order valence-electron chi connectivity index (χ0n) is 15.5. The predicted molar refractivity (Wildman–Crippen MR) is 104 cm³/mol. The van der Waals surface area contributed by atoms with Gasteiger partial charge in [-0.25, -0.2) is 0 Å². The zero-order chi connectivity index (χ0) is 19.2. The summed E-state index contributed by atoms with van der Waals surface area (Å²) < 4.78 is 6.85. The second kappa shape index (κ2) is 8.68. The summed E-state index contributed by atoms with van der Waals surface area (Å²) in [5.74, 6) is 0.914. The van der Waals surface area contributed by atoms with Crippen LogP contribution in [0.15, 0.2) is 47.6 Å². The highest BCUT2D eigenvalue weighted by molar-refractivity contribution is 7.99. The molecule has 1 N–H and O–H groups in total. The predicted octanol–water partition coefficient (Wildman–Crippen LogP) is 2.70. The SMILES string of the molecule is COc1cccc(CNC(=O)CSc2nnnn2-c2ccc(C)cc2C)c1. The van der Waals surface area contributed by atoms with E-state index in [1.807, 2.05) is 50.2 Å². The van der Waals surface area contributed by atoms with Crippen LogP contribution in [0.2, 0.25) is 0 Å². The highest BCUT2D eigenvalue weighted by Gasteiger charge is 2.13. The Balaban J connectivity index is 1.59. The molecule has 2 aromatic carbocycles. The highest BCUT2D eigenvalue weighted by Crippen LogP contribution is 2.21. The zero-order valence-corrected chi connectivity index (χ0v) is 16.3. The van der Waals surface area contributed by atoms with Crippen molar-refractivity contribution >= 4 is 17.7 Å². The molecule has 8 heteroatoms. The van der Waals surface area contributed by atoms with Gasteiger partial charge in [-0.05, 0) is 53.6 Å². The molecule has 0 fully saturated rings. The Morgan fingerprint density at radius 3 is 2.85 bits per heavy atom. The number of ether oxygens (including phenoxy) is 1. The minimum Gasteiger partial charge on any atom is -0.497 e. The van der Waals surface area contributed by atoms with Crippen molar-refractivity contribution in [1.29, 1.82) is 0 Å². The number of aryl methyl sites for hydroxylation is 2. The van der Waals surface area contributed by atoms with Gasteiger partial charge in [-0.2, -0.15) is 4.68 Å². The number of tetrazole rings is 1. The number of carbonyl (C=O) groups excluding carboxylic acids is 1. The third kappa shape index (κ3) is 4.85. The number of benzene rings is 2. The van der Waals surface area contributed by atoms with Gasteiger partial charge in [0, 0.05) is 6.54 Å². The van der Waals surface area contributed by atoms with E-state index < -0.39 is 0 Å². The summed E-state index contributed by atoms with van der Waals surface area (Å²) in [6, 6.07) is 13.7. The van der Waals surface area contributed by atoms with E-state index >= 15 is 0 Å². The molecule has 27 heavy (non-hydrogen) atoms. The Bertz CT molecular complexity index is 941. The molecule has 1 aromatic heterocycles. The van der Waals surface area contributed by atoms with Crippen molar-refractivity contribution in [3.63, 3.8) is 0 Å². The second-order valence-corrected chi connectivity index (χ2v) is 7.02. The van der Waals surface area contributed by atoms with Crippen LogP contribution in [0.1, 0.15) is 16.7 Å². The Kier molecular flexibility index (Phi) is 6.08. The van der Waals surface area contributed by atoms with E-state index in [1.165, 1.54) is 17.3 Å². The lowest BCUT2D eigenvalue weighted by molar-refractivity contribution is -0.118. The molecule has 0 aliphatic heterocycles. The van der Waals surface area contributed by atoms with Crippen LogP contribution in [-0.4, -0.2) is 39.0 Å². The topological polar surface area (TPSA) is 81.9 Å². The summed E-state index contributed by atoms with van der Waals surface area (Å²) in [7, 11) is 1.62. The number of carbonyl (C=O) groups is 1. The number of hydrogen-bond donors (Lipinski definition) is 1. The first-order chi connectivity index (χ1) is 13.1. The number of aromatic nitrogens is 4. The Hall–Kier alpha value is -2.87. The molecule has 3 rings (SSSR count). The fraction of sp³-hybridized carbons (Fsp3) is 0.263. The number of nitrogens with zero attached hydrogens (tertiary/aromatic N) is 4. The van der Waals surface area contributed by atoms with Crippen molar-refractivity contribution in [2.75, 3.05) is 12.9 Å². The number of amides is 1. The van der Waals surface area contributed by atoms with Crippen LogP contribution in [0.3, 0.4) is 0 Å². The van der Waals surface area contributed by atoms with Gasteiger partial charge in [0.15, 0.2) is 0 Å². The average Bonchev–Trinajstić information content (AvgIpc) is 3.13. The maximum Gasteiger partial charge on any atom is 0.230 e. The molecule has 0 saturated heterocycles. The largest absolute Gasteiger partial charge is 0.497 e. The molecule has 3 aromatic rings. The number of nitrogens with one attached hydrogen (secondary N) is 1. The number of methoxy groups -OCH3 is 1. The standard InChI is InChI=1S/C19H21N5O2S/c1-13-7-8-17(14(2)9-13)24-19(21-22-23-24)27-12-18(25)20-11-15-5-4-6-16(10-15)26-3/h4-10H,11-12H2,1-3H3,(H,20,25). The maximum atomic E-state index is 12.2. The number of rotatable bonds is 7. The van der Waals surface area contributed by atoms with E-state index in [0.717, 1.165) is 22.6 Å². The summed E-state index contributed by atoms with van der Waals surface area (Å²) >= 11 is 1.30. The van der Waals surface area contributed by atoms with E-state index in [1.54, 1.807) is 11.8 Å². The van der Waals surface area contributed by atoms with Crippen LogP contribution >= 0.6 is 11.8 Å². The Morgan fingerprint density at radius 1 is 1.22 bits per heavy atom. The molecular formula is C19H21N5O2S. The summed E-state index contributed by atoms with van der Waals surface area (Å²) in [5.41, 5.74) is 4.14. The van der Waals surface area contributed by atoms with Gasteiger partial charge in [0.25, 0.3) is 0 Å². The van der Waals surface area contributed by atoms with E-state index in [0.29, 0.717) is 11.7 Å². The van der Waals surface area contributed by atoms with Crippen LogP contribution in [0.25, 0.3) is 5.69 Å². The molecule has 0 aliphatic rings. The molecule has 1 amide bonds. The molecular weight excluding hydrogens is 362 g/mol. The molecule has 0 radical (unpaired) electrons. The smallest absolute Gasteiger partial charge is 0.230 e. The summed E-state index contributed by atoms with van der Waals surface area (Å²) in [6.07, 6.45) is 0. The molecule has 0 spiro atoms. The molecule has 0 aliphatic carbocycles. The van der Waals surface area contributed by atoms with Crippen molar-refractivity contribution in [1.82, 2.24) is 25.5 Å². The van der Waals surface area contributed by atoms with Crippen molar-refractivity contribution in [2.45, 2.75) is 25.5 Å². The Morgan fingerprint density at radius 2 is 2.07 bits per heavy atom. The van der Waals surface area contributed by atoms with Crippen LogP contribution in [0, 0.1) is 13.8 Å². The van der Waals surface area contributed by atoms with Crippen LogP contribution in [0.5, 0.6) is 5.75 Å². The van der Waals surface area contributed by atoms with Crippen LogP contribution in [0.4, 0.5) is 0 Å². The van der Waals surface area contributed by atoms with Crippen molar-refractivity contribution < 1.29 is 9.53 Å². The molecule has 0 saturated carbocycles. The van der Waals surface area contributed by atoms with Gasteiger partial charge in [-0.3, -0.25) is 4.79 Å². The minimum absolute atomic E-state index is 0.0852. The molecule has 0 atom stereocenters. The monoisotopic (exact) mass is 383 g/mol. The van der Waals surface area contributed by atoms with Crippen molar-refractivity contribution in [3.05, 3.63) is 59.2 Å². The molecule has 0 unspecified atom stereocenters. The molecule has 0 bridgehead atoms. The van der Waals surface area contributed by atoms with Gasteiger partial charge in [0.1, 0.15) is 5.75 Å². The number of hydrogen-bond acceptors (Lipinski definition) is 6. The third-order valence-electron chi connectivity index (χ3n) is 3.98. The fourth-order valence-electron chi connectivity index (χ4n) is 2.63. The maximum absolute atomic E-state index is 12.2. The lowest BCUT2D eigenvalue weighted by Gasteiger charge is -2.09. The minimum atomic E-state index is -0.0852. The van der Waals surface area contributed by atoms with Gasteiger partial charge in [0.05, 0.1) is 18.6 Å². The van der Waals surface area contributed by atoms with Crippen LogP contribution in [-0.2, 0) is 11.3 Å². The average molecular weight is 383 g/mol. The number of thioether (sulfide) groups is 1. The lowest BCUT2D eigenvalue weighted by Crippen LogP contribution is -2.24. The Labute approximate surface area is 162 Å². The normalized spacial score (nSPS) is 10.6. The fourth-order valence-corrected chi connectivity index (χ4v) is 3.34. The van der Waals surface area contributed by atoms with Gasteiger partial charge in [0.2, 0.25) is 11.1 Å². The van der Waals surface area contributed by atoms with Gasteiger partial charge in [-0.15, -0.1) is 5.10 Å². The van der Waals surface area contributed by atoms with Gasteiger partial charge in [-0.1, -0.05) is 41.6 Å². The quantitative estimate of drug-likeness (QED) is 0.632. The molecule has 1 heterocycles. The summed E-state index contributed by atoms with van der Waals surface area (Å²) in [4.78, 5) is 12.2. The van der Waals surface area contributed by atoms with Gasteiger partial charge >= 0.3 is 0 Å². The lowest BCUT2D eigenvalue weighted by atomic mass is 10.1. The third-order valence-corrected chi connectivity index (χ3v) is 4.90. The first-order valence-electron chi connectivity index (χ1n) is 8.45. The molecule has 7 nitrogen and oxygen atoms in total. The van der Waals surface area contributed by atoms with E-state index in [9.17, 15) is 4.79 Å².